The molecule has 178 valence electrons. The third kappa shape index (κ3) is 3.24. The second-order valence-electron chi connectivity index (χ2n) is 12.7. The maximum absolute atomic E-state index is 13.5. The average Bonchev–Trinajstić information content (AvgIpc) is 3.34. The quantitative estimate of drug-likeness (QED) is 0.728. The van der Waals surface area contributed by atoms with Crippen LogP contribution < -0.4 is 0 Å². The topological polar surface area (TPSA) is 60.9 Å². The van der Waals surface area contributed by atoms with Crippen LogP contribution in [0.3, 0.4) is 0 Å². The largest absolute Gasteiger partial charge is 0.390 e. The molecule has 0 spiro atoms. The molecule has 1 heterocycles. The molecule has 0 bridgehead atoms. The van der Waals surface area contributed by atoms with E-state index in [1.165, 1.54) is 38.5 Å². The van der Waals surface area contributed by atoms with Crippen molar-refractivity contribution in [3.63, 3.8) is 0 Å². The Hall–Kier alpha value is -0.940. The molecule has 0 radical (unpaired) electrons. The molecule has 0 aromatic heterocycles. The molecule has 6 rings (SSSR count). The minimum atomic E-state index is -0.280. The van der Waals surface area contributed by atoms with Gasteiger partial charge in [0.25, 0.3) is 0 Å². The van der Waals surface area contributed by atoms with E-state index in [-0.39, 0.29) is 22.8 Å². The molecule has 6 aliphatic rings. The standard InChI is InChI=1S/C27H42N2O3/c1-17(30)29-13-11-28(12-14-29)16-25(31)23-6-5-22-20-3-4-21-19(8-10-27(32)15-24(21)27)18(20)7-9-26(22,23)2/h18-24,32H,3-16H2,1-2H3. The van der Waals surface area contributed by atoms with Gasteiger partial charge in [0, 0.05) is 39.0 Å². The first kappa shape index (κ1) is 21.6. The third-order valence-corrected chi connectivity index (χ3v) is 11.5. The summed E-state index contributed by atoms with van der Waals surface area (Å²) in [4.78, 5) is 29.3. The highest BCUT2D eigenvalue weighted by atomic mass is 16.3. The second-order valence-corrected chi connectivity index (χ2v) is 12.7. The maximum Gasteiger partial charge on any atom is 0.219 e. The highest BCUT2D eigenvalue weighted by Crippen LogP contribution is 2.68. The molecule has 1 N–H and O–H groups in total. The van der Waals surface area contributed by atoms with Crippen molar-refractivity contribution in [2.45, 2.75) is 77.2 Å². The zero-order valence-electron chi connectivity index (χ0n) is 20.1. The predicted octanol–water partition coefficient (Wildman–Crippen LogP) is 3.35. The molecule has 9 unspecified atom stereocenters. The molecule has 5 nitrogen and oxygen atoms in total. The second kappa shape index (κ2) is 7.53. The highest BCUT2D eigenvalue weighted by molar-refractivity contribution is 5.84. The predicted molar refractivity (Wildman–Crippen MR) is 123 cm³/mol. The SMILES string of the molecule is CC(=O)N1CCN(CC(=O)C2CCC3C4CCC5C(CCC6(O)CC56)C4CCC23C)CC1. The van der Waals surface area contributed by atoms with Crippen LogP contribution in [0.4, 0.5) is 0 Å². The van der Waals surface area contributed by atoms with Crippen molar-refractivity contribution >= 4 is 11.7 Å². The summed E-state index contributed by atoms with van der Waals surface area (Å²) >= 11 is 0. The number of piperazine rings is 1. The summed E-state index contributed by atoms with van der Waals surface area (Å²) in [6, 6.07) is 0. The molecule has 32 heavy (non-hydrogen) atoms. The lowest BCUT2D eigenvalue weighted by Gasteiger charge is -2.56. The van der Waals surface area contributed by atoms with Crippen molar-refractivity contribution < 1.29 is 14.7 Å². The van der Waals surface area contributed by atoms with Gasteiger partial charge in [-0.3, -0.25) is 14.5 Å². The fraction of sp³-hybridized carbons (Fsp3) is 0.926. The molecular formula is C27H42N2O3. The normalized spacial score (nSPS) is 50.1. The summed E-state index contributed by atoms with van der Waals surface area (Å²) in [5.74, 6) is 5.49. The summed E-state index contributed by atoms with van der Waals surface area (Å²) in [7, 11) is 0. The fourth-order valence-electron chi connectivity index (χ4n) is 9.76. The van der Waals surface area contributed by atoms with Crippen LogP contribution in [-0.2, 0) is 9.59 Å². The molecule has 5 heteroatoms. The van der Waals surface area contributed by atoms with Gasteiger partial charge in [0.05, 0.1) is 12.1 Å². The van der Waals surface area contributed by atoms with E-state index in [2.05, 4.69) is 11.8 Å². The van der Waals surface area contributed by atoms with Gasteiger partial charge in [-0.2, -0.15) is 0 Å². The molecule has 5 saturated carbocycles. The van der Waals surface area contributed by atoms with Crippen LogP contribution in [-0.4, -0.2) is 64.9 Å². The highest BCUT2D eigenvalue weighted by Gasteiger charge is 2.65. The minimum absolute atomic E-state index is 0.151. The van der Waals surface area contributed by atoms with Crippen molar-refractivity contribution in [3.05, 3.63) is 0 Å². The first-order valence-corrected chi connectivity index (χ1v) is 13.5. The summed E-state index contributed by atoms with van der Waals surface area (Å²) in [6.07, 6.45) is 10.9. The summed E-state index contributed by atoms with van der Waals surface area (Å²) in [5.41, 5.74) is -0.0841. The fourth-order valence-corrected chi connectivity index (χ4v) is 9.76. The van der Waals surface area contributed by atoms with Gasteiger partial charge in [0.1, 0.15) is 5.78 Å². The van der Waals surface area contributed by atoms with Gasteiger partial charge in [-0.05, 0) is 98.7 Å². The van der Waals surface area contributed by atoms with Gasteiger partial charge in [-0.15, -0.1) is 0 Å². The Morgan fingerprint density at radius 2 is 1.50 bits per heavy atom. The molecule has 1 amide bonds. The summed E-state index contributed by atoms with van der Waals surface area (Å²) in [6.45, 7) is 7.87. The Bertz CT molecular complexity index is 792. The van der Waals surface area contributed by atoms with Crippen molar-refractivity contribution in [2.75, 3.05) is 32.7 Å². The van der Waals surface area contributed by atoms with Gasteiger partial charge >= 0.3 is 0 Å². The number of ketones is 1. The van der Waals surface area contributed by atoms with Crippen LogP contribution >= 0.6 is 0 Å². The summed E-state index contributed by atoms with van der Waals surface area (Å²) < 4.78 is 0. The van der Waals surface area contributed by atoms with E-state index in [9.17, 15) is 14.7 Å². The molecule has 0 aromatic carbocycles. The van der Waals surface area contributed by atoms with Crippen molar-refractivity contribution in [1.82, 2.24) is 9.80 Å². The first-order chi connectivity index (χ1) is 15.3. The van der Waals surface area contributed by atoms with Gasteiger partial charge in [-0.25, -0.2) is 0 Å². The number of fused-ring (bicyclic) bond motifs is 7. The number of carbonyl (C=O) groups is 2. The molecule has 1 aliphatic heterocycles. The van der Waals surface area contributed by atoms with Crippen LogP contribution in [0, 0.1) is 46.8 Å². The molecular weight excluding hydrogens is 400 g/mol. The summed E-state index contributed by atoms with van der Waals surface area (Å²) in [5, 5.41) is 10.7. The van der Waals surface area contributed by atoms with Crippen molar-refractivity contribution in [2.24, 2.45) is 46.8 Å². The molecule has 0 aromatic rings. The van der Waals surface area contributed by atoms with Crippen LogP contribution in [0.1, 0.15) is 71.6 Å². The molecule has 9 atom stereocenters. The maximum atomic E-state index is 13.5. The lowest BCUT2D eigenvalue weighted by molar-refractivity contribution is -0.133. The van der Waals surface area contributed by atoms with E-state index >= 15 is 0 Å². The number of hydrogen-bond donors (Lipinski definition) is 1. The molecule has 6 fully saturated rings. The van der Waals surface area contributed by atoms with Crippen LogP contribution in [0.15, 0.2) is 0 Å². The van der Waals surface area contributed by atoms with Crippen LogP contribution in [0.25, 0.3) is 0 Å². The van der Waals surface area contributed by atoms with Crippen molar-refractivity contribution in [3.8, 4) is 0 Å². The Kier molecular flexibility index (Phi) is 5.08. The first-order valence-electron chi connectivity index (χ1n) is 13.5. The number of hydrogen-bond acceptors (Lipinski definition) is 4. The van der Waals surface area contributed by atoms with Gasteiger partial charge < -0.3 is 10.0 Å². The van der Waals surface area contributed by atoms with Gasteiger partial charge in [0.15, 0.2) is 0 Å². The number of rotatable bonds is 3. The van der Waals surface area contributed by atoms with Gasteiger partial charge in [0.2, 0.25) is 5.91 Å². The lowest BCUT2D eigenvalue weighted by atomic mass is 9.49. The van der Waals surface area contributed by atoms with Crippen molar-refractivity contribution in [1.29, 1.82) is 0 Å². The zero-order valence-corrected chi connectivity index (χ0v) is 20.1. The Labute approximate surface area is 193 Å². The number of Topliss-reactive ketones (excluding diaryl/α,β-unsaturated/α-hetero) is 1. The van der Waals surface area contributed by atoms with Crippen LogP contribution in [0.2, 0.25) is 0 Å². The Morgan fingerprint density at radius 1 is 0.844 bits per heavy atom. The average molecular weight is 443 g/mol. The van der Waals surface area contributed by atoms with E-state index in [4.69, 9.17) is 0 Å². The van der Waals surface area contributed by atoms with E-state index in [0.717, 1.165) is 75.0 Å². The molecule has 1 saturated heterocycles. The van der Waals surface area contributed by atoms with E-state index < -0.39 is 0 Å². The van der Waals surface area contributed by atoms with Crippen LogP contribution in [0.5, 0.6) is 0 Å². The Morgan fingerprint density at radius 3 is 2.19 bits per heavy atom. The van der Waals surface area contributed by atoms with Gasteiger partial charge in [-0.1, -0.05) is 6.92 Å². The smallest absolute Gasteiger partial charge is 0.219 e. The monoisotopic (exact) mass is 442 g/mol. The van der Waals surface area contributed by atoms with E-state index in [0.29, 0.717) is 18.2 Å². The molecule has 5 aliphatic carbocycles. The number of aliphatic hydroxyl groups is 1. The van der Waals surface area contributed by atoms with E-state index in [1.54, 1.807) is 6.92 Å². The zero-order chi connectivity index (χ0) is 22.3. The third-order valence-electron chi connectivity index (χ3n) is 11.5. The number of nitrogens with zero attached hydrogens (tertiary/aromatic N) is 2. The Balaban J connectivity index is 1.11. The number of amides is 1. The lowest BCUT2D eigenvalue weighted by Crippen LogP contribution is -2.52. The minimum Gasteiger partial charge on any atom is -0.390 e. The van der Waals surface area contributed by atoms with E-state index in [1.807, 2.05) is 4.90 Å². The number of carbonyl (C=O) groups excluding carboxylic acids is 2.